The summed E-state index contributed by atoms with van der Waals surface area (Å²) in [7, 11) is 0. The van der Waals surface area contributed by atoms with Crippen LogP contribution in [0.3, 0.4) is 0 Å². The van der Waals surface area contributed by atoms with Gasteiger partial charge in [0.15, 0.2) is 0 Å². The van der Waals surface area contributed by atoms with Gasteiger partial charge in [0.25, 0.3) is 5.56 Å². The average molecular weight is 343 g/mol. The van der Waals surface area contributed by atoms with Crippen molar-refractivity contribution in [3.63, 3.8) is 0 Å². The standard InChI is InChI=1S/C15H11BrN4O/c1-2-7-20-15(21)14(16)13(10-19-20)18-9-12-5-3-11(8-17)4-6-12/h1,3-6,10,18H,7,9H2. The maximum Gasteiger partial charge on any atom is 0.284 e. The number of nitrogens with zero attached hydrogens (tertiary/aromatic N) is 3. The van der Waals surface area contributed by atoms with Gasteiger partial charge in [-0.25, -0.2) is 4.68 Å². The van der Waals surface area contributed by atoms with Crippen molar-refractivity contribution in [2.24, 2.45) is 0 Å². The number of nitrogens with one attached hydrogen (secondary N) is 1. The zero-order valence-electron chi connectivity index (χ0n) is 11.0. The Morgan fingerprint density at radius 1 is 1.38 bits per heavy atom. The Morgan fingerprint density at radius 2 is 2.10 bits per heavy atom. The van der Waals surface area contributed by atoms with Crippen LogP contribution >= 0.6 is 15.9 Å². The second kappa shape index (κ2) is 6.74. The van der Waals surface area contributed by atoms with Crippen molar-refractivity contribution < 1.29 is 0 Å². The monoisotopic (exact) mass is 342 g/mol. The van der Waals surface area contributed by atoms with Crippen LogP contribution in [0.4, 0.5) is 5.69 Å². The number of terminal acetylenes is 1. The fourth-order valence-electron chi connectivity index (χ4n) is 1.68. The molecule has 0 unspecified atom stereocenters. The molecule has 0 atom stereocenters. The molecule has 6 heteroatoms. The van der Waals surface area contributed by atoms with Gasteiger partial charge < -0.3 is 5.32 Å². The third kappa shape index (κ3) is 3.50. The van der Waals surface area contributed by atoms with Gasteiger partial charge in [-0.15, -0.1) is 6.42 Å². The molecule has 1 heterocycles. The predicted octanol–water partition coefficient (Wildman–Crippen LogP) is 2.12. The highest BCUT2D eigenvalue weighted by Crippen LogP contribution is 2.17. The highest BCUT2D eigenvalue weighted by atomic mass is 79.9. The van der Waals surface area contributed by atoms with Crippen molar-refractivity contribution in [1.29, 1.82) is 5.26 Å². The quantitative estimate of drug-likeness (QED) is 0.864. The van der Waals surface area contributed by atoms with E-state index >= 15 is 0 Å². The van der Waals surface area contributed by atoms with Crippen LogP contribution in [-0.2, 0) is 13.1 Å². The van der Waals surface area contributed by atoms with Crippen molar-refractivity contribution in [2.45, 2.75) is 13.1 Å². The van der Waals surface area contributed by atoms with E-state index in [1.54, 1.807) is 18.3 Å². The number of halogens is 1. The first-order chi connectivity index (χ1) is 10.2. The number of rotatable bonds is 4. The first kappa shape index (κ1) is 14.8. The van der Waals surface area contributed by atoms with Crippen LogP contribution in [0.2, 0.25) is 0 Å². The van der Waals surface area contributed by atoms with Gasteiger partial charge in [0.2, 0.25) is 0 Å². The van der Waals surface area contributed by atoms with Crippen molar-refractivity contribution in [3.05, 3.63) is 56.4 Å². The van der Waals surface area contributed by atoms with Crippen molar-refractivity contribution in [3.8, 4) is 18.4 Å². The molecule has 0 fully saturated rings. The Morgan fingerprint density at radius 3 is 2.71 bits per heavy atom. The maximum atomic E-state index is 12.0. The molecule has 0 radical (unpaired) electrons. The first-order valence-electron chi connectivity index (χ1n) is 6.07. The van der Waals surface area contributed by atoms with Gasteiger partial charge >= 0.3 is 0 Å². The molecule has 0 aliphatic rings. The Hall–Kier alpha value is -2.57. The summed E-state index contributed by atoms with van der Waals surface area (Å²) in [6.45, 7) is 0.651. The van der Waals surface area contributed by atoms with Crippen LogP contribution in [0.1, 0.15) is 11.1 Å². The summed E-state index contributed by atoms with van der Waals surface area (Å²) in [6, 6.07) is 9.26. The van der Waals surface area contributed by atoms with Crippen LogP contribution in [0.5, 0.6) is 0 Å². The van der Waals surface area contributed by atoms with Gasteiger partial charge in [0.1, 0.15) is 11.0 Å². The number of benzene rings is 1. The van der Waals surface area contributed by atoms with E-state index in [2.05, 4.69) is 38.3 Å². The molecule has 0 aliphatic heterocycles. The minimum absolute atomic E-state index is 0.132. The Bertz CT molecular complexity index is 781. The molecule has 1 aromatic carbocycles. The molecule has 2 aromatic rings. The summed E-state index contributed by atoms with van der Waals surface area (Å²) in [5.41, 5.74) is 1.92. The summed E-state index contributed by atoms with van der Waals surface area (Å²) >= 11 is 3.25. The number of anilines is 1. The molecule has 104 valence electrons. The molecule has 0 saturated heterocycles. The smallest absolute Gasteiger partial charge is 0.284 e. The lowest BCUT2D eigenvalue weighted by Gasteiger charge is -2.09. The van der Waals surface area contributed by atoms with Crippen LogP contribution in [0, 0.1) is 23.7 Å². The molecule has 1 aromatic heterocycles. The molecular weight excluding hydrogens is 332 g/mol. The minimum atomic E-state index is -0.280. The summed E-state index contributed by atoms with van der Waals surface area (Å²) in [4.78, 5) is 12.0. The van der Waals surface area contributed by atoms with E-state index in [-0.39, 0.29) is 12.1 Å². The SMILES string of the molecule is C#CCn1ncc(NCc2ccc(C#N)cc2)c(Br)c1=O. The molecule has 0 bridgehead atoms. The summed E-state index contributed by atoms with van der Waals surface area (Å²) < 4.78 is 1.60. The van der Waals surface area contributed by atoms with E-state index in [1.165, 1.54) is 4.68 Å². The lowest BCUT2D eigenvalue weighted by molar-refractivity contribution is 0.659. The van der Waals surface area contributed by atoms with E-state index in [0.29, 0.717) is 22.3 Å². The molecule has 21 heavy (non-hydrogen) atoms. The third-order valence-electron chi connectivity index (χ3n) is 2.79. The lowest BCUT2D eigenvalue weighted by atomic mass is 10.1. The van der Waals surface area contributed by atoms with Crippen LogP contribution in [-0.4, -0.2) is 9.78 Å². The van der Waals surface area contributed by atoms with Gasteiger partial charge in [0, 0.05) is 6.54 Å². The van der Waals surface area contributed by atoms with Gasteiger partial charge in [0.05, 0.1) is 23.5 Å². The fraction of sp³-hybridized carbons (Fsp3) is 0.133. The molecular formula is C15H11BrN4O. The predicted molar refractivity (Wildman–Crippen MR) is 83.5 cm³/mol. The van der Waals surface area contributed by atoms with Crippen LogP contribution < -0.4 is 10.9 Å². The lowest BCUT2D eigenvalue weighted by Crippen LogP contribution is -2.24. The van der Waals surface area contributed by atoms with Gasteiger partial charge in [-0.05, 0) is 33.6 Å². The maximum absolute atomic E-state index is 12.0. The molecule has 0 saturated carbocycles. The highest BCUT2D eigenvalue weighted by molar-refractivity contribution is 9.10. The van der Waals surface area contributed by atoms with Gasteiger partial charge in [-0.3, -0.25) is 4.79 Å². The number of hydrogen-bond acceptors (Lipinski definition) is 4. The van der Waals surface area contributed by atoms with Crippen molar-refractivity contribution >= 4 is 21.6 Å². The summed E-state index contributed by atoms with van der Waals surface area (Å²) in [5, 5.41) is 15.9. The number of hydrogen-bond donors (Lipinski definition) is 1. The normalized spacial score (nSPS) is 9.67. The van der Waals surface area contributed by atoms with E-state index < -0.39 is 0 Å². The van der Waals surface area contributed by atoms with E-state index in [0.717, 1.165) is 5.56 Å². The molecule has 5 nitrogen and oxygen atoms in total. The van der Waals surface area contributed by atoms with E-state index in [9.17, 15) is 4.79 Å². The topological polar surface area (TPSA) is 70.7 Å². The van der Waals surface area contributed by atoms with Crippen LogP contribution in [0.15, 0.2) is 39.7 Å². The number of aromatic nitrogens is 2. The largest absolute Gasteiger partial charge is 0.379 e. The van der Waals surface area contributed by atoms with Gasteiger partial charge in [-0.2, -0.15) is 10.4 Å². The fourth-order valence-corrected chi connectivity index (χ4v) is 2.13. The number of nitriles is 1. The first-order valence-corrected chi connectivity index (χ1v) is 6.87. The van der Waals surface area contributed by atoms with Crippen molar-refractivity contribution in [1.82, 2.24) is 9.78 Å². The Balaban J connectivity index is 2.13. The zero-order chi connectivity index (χ0) is 15.2. The average Bonchev–Trinajstić information content (AvgIpc) is 2.52. The van der Waals surface area contributed by atoms with E-state index in [1.807, 2.05) is 12.1 Å². The second-order valence-electron chi connectivity index (χ2n) is 4.20. The minimum Gasteiger partial charge on any atom is -0.379 e. The Labute approximate surface area is 130 Å². The second-order valence-corrected chi connectivity index (χ2v) is 4.99. The molecule has 0 spiro atoms. The zero-order valence-corrected chi connectivity index (χ0v) is 12.6. The molecule has 2 rings (SSSR count). The molecule has 0 aliphatic carbocycles. The van der Waals surface area contributed by atoms with E-state index in [4.69, 9.17) is 11.7 Å². The summed E-state index contributed by atoms with van der Waals surface area (Å²) in [6.07, 6.45) is 6.72. The Kier molecular flexibility index (Phi) is 4.76. The highest BCUT2D eigenvalue weighted by Gasteiger charge is 2.07. The van der Waals surface area contributed by atoms with Crippen molar-refractivity contribution in [2.75, 3.05) is 5.32 Å². The van der Waals surface area contributed by atoms with Gasteiger partial charge in [-0.1, -0.05) is 18.1 Å². The molecule has 0 amide bonds. The third-order valence-corrected chi connectivity index (χ3v) is 3.56. The molecule has 1 N–H and O–H groups in total. The summed E-state index contributed by atoms with van der Waals surface area (Å²) in [5.74, 6) is 2.37. The van der Waals surface area contributed by atoms with Crippen LogP contribution in [0.25, 0.3) is 0 Å².